The Morgan fingerprint density at radius 3 is 2.75 bits per heavy atom. The summed E-state index contributed by atoms with van der Waals surface area (Å²) in [5, 5.41) is 8.56. The van der Waals surface area contributed by atoms with Crippen molar-refractivity contribution >= 4 is 11.8 Å². The van der Waals surface area contributed by atoms with Crippen molar-refractivity contribution in [1.29, 1.82) is 0 Å². The van der Waals surface area contributed by atoms with E-state index in [2.05, 4.69) is 4.98 Å². The minimum atomic E-state index is -2.82. The fourth-order valence-electron chi connectivity index (χ4n) is 1.19. The third-order valence-corrected chi connectivity index (χ3v) is 1.90. The van der Waals surface area contributed by atoms with E-state index in [1.54, 1.807) is 0 Å². The molecule has 0 atom stereocenters. The summed E-state index contributed by atoms with van der Waals surface area (Å²) in [6.45, 7) is 0. The van der Waals surface area contributed by atoms with Gasteiger partial charge in [-0.05, 0) is 6.07 Å². The number of halogens is 2. The Morgan fingerprint density at radius 2 is 2.31 bits per heavy atom. The van der Waals surface area contributed by atoms with Crippen LogP contribution in [0.2, 0.25) is 0 Å². The Balaban J connectivity index is 3.20. The van der Waals surface area contributed by atoms with Crippen molar-refractivity contribution in [2.24, 2.45) is 0 Å². The molecule has 1 aromatic rings. The van der Waals surface area contributed by atoms with Gasteiger partial charge in [-0.15, -0.1) is 0 Å². The predicted molar refractivity (Wildman–Crippen MR) is 51.5 cm³/mol. The number of nitrogen functional groups attached to an aromatic ring is 1. The molecule has 1 heterocycles. The molecule has 7 heteroatoms. The molecule has 0 spiro atoms. The second kappa shape index (κ2) is 4.73. The Hall–Kier alpha value is -1.92. The van der Waals surface area contributed by atoms with Crippen LogP contribution >= 0.6 is 0 Å². The molecule has 1 aromatic heterocycles. The van der Waals surface area contributed by atoms with Gasteiger partial charge in [-0.25, -0.2) is 13.8 Å². The second-order valence-corrected chi connectivity index (χ2v) is 2.99. The quantitative estimate of drug-likeness (QED) is 0.815. The van der Waals surface area contributed by atoms with Crippen molar-refractivity contribution in [3.63, 3.8) is 0 Å². The fraction of sp³-hybridized carbons (Fsp3) is 0.333. The van der Waals surface area contributed by atoms with E-state index in [9.17, 15) is 13.6 Å². The van der Waals surface area contributed by atoms with Crippen LogP contribution in [0.4, 0.5) is 14.6 Å². The minimum Gasteiger partial charge on any atom is -0.495 e. The fourth-order valence-corrected chi connectivity index (χ4v) is 1.19. The van der Waals surface area contributed by atoms with Gasteiger partial charge in [0.1, 0.15) is 11.6 Å². The van der Waals surface area contributed by atoms with Crippen LogP contribution in [0.25, 0.3) is 0 Å². The summed E-state index contributed by atoms with van der Waals surface area (Å²) < 4.78 is 29.6. The van der Waals surface area contributed by atoms with Gasteiger partial charge < -0.3 is 15.6 Å². The van der Waals surface area contributed by atoms with E-state index in [4.69, 9.17) is 15.6 Å². The van der Waals surface area contributed by atoms with Crippen LogP contribution < -0.4 is 10.5 Å². The summed E-state index contributed by atoms with van der Waals surface area (Å²) >= 11 is 0. The molecule has 0 aliphatic heterocycles. The second-order valence-electron chi connectivity index (χ2n) is 2.99. The number of pyridine rings is 1. The number of alkyl halides is 2. The Labute approximate surface area is 89.9 Å². The molecule has 0 unspecified atom stereocenters. The number of carboxylic acid groups (broad SMARTS) is 1. The lowest BCUT2D eigenvalue weighted by molar-refractivity contribution is -0.136. The van der Waals surface area contributed by atoms with Gasteiger partial charge in [0.25, 0.3) is 6.43 Å². The van der Waals surface area contributed by atoms with E-state index >= 15 is 0 Å². The van der Waals surface area contributed by atoms with Crippen LogP contribution in [0.15, 0.2) is 6.07 Å². The van der Waals surface area contributed by atoms with E-state index in [0.717, 1.165) is 6.07 Å². The number of carboxylic acids is 1. The smallest absolute Gasteiger partial charge is 0.307 e. The van der Waals surface area contributed by atoms with Crippen LogP contribution in [-0.4, -0.2) is 23.2 Å². The maximum atomic E-state index is 12.5. The number of anilines is 1. The summed E-state index contributed by atoms with van der Waals surface area (Å²) in [5.41, 5.74) is 4.93. The average Bonchev–Trinajstić information content (AvgIpc) is 2.19. The molecule has 5 nitrogen and oxygen atoms in total. The number of methoxy groups -OCH3 is 1. The van der Waals surface area contributed by atoms with Crippen LogP contribution in [0.3, 0.4) is 0 Å². The highest BCUT2D eigenvalue weighted by Crippen LogP contribution is 2.30. The summed E-state index contributed by atoms with van der Waals surface area (Å²) in [7, 11) is 1.20. The molecule has 0 saturated carbocycles. The molecule has 1 rings (SSSR count). The molecule has 0 aromatic carbocycles. The first-order valence-electron chi connectivity index (χ1n) is 4.29. The molecule has 0 bridgehead atoms. The van der Waals surface area contributed by atoms with Crippen molar-refractivity contribution in [1.82, 2.24) is 4.98 Å². The summed E-state index contributed by atoms with van der Waals surface area (Å²) in [4.78, 5) is 13.9. The maximum Gasteiger partial charge on any atom is 0.307 e. The lowest BCUT2D eigenvalue weighted by Gasteiger charge is -2.10. The number of nitrogens with zero attached hydrogens (tertiary/aromatic N) is 1. The maximum absolute atomic E-state index is 12.5. The van der Waals surface area contributed by atoms with E-state index in [1.165, 1.54) is 7.11 Å². The van der Waals surface area contributed by atoms with Crippen molar-refractivity contribution in [2.45, 2.75) is 12.8 Å². The SMILES string of the molecule is COc1cc(CC(=O)O)c(N)nc1C(F)F. The molecule has 0 aliphatic carbocycles. The van der Waals surface area contributed by atoms with Gasteiger partial charge in [-0.3, -0.25) is 4.79 Å². The van der Waals surface area contributed by atoms with E-state index in [0.29, 0.717) is 0 Å². The summed E-state index contributed by atoms with van der Waals surface area (Å²) in [6.07, 6.45) is -3.21. The van der Waals surface area contributed by atoms with Crippen molar-refractivity contribution in [3.05, 3.63) is 17.3 Å². The zero-order chi connectivity index (χ0) is 12.3. The van der Waals surface area contributed by atoms with Gasteiger partial charge in [0.05, 0.1) is 13.5 Å². The lowest BCUT2D eigenvalue weighted by atomic mass is 10.1. The third-order valence-electron chi connectivity index (χ3n) is 1.90. The number of rotatable bonds is 4. The van der Waals surface area contributed by atoms with Crippen LogP contribution in [0.1, 0.15) is 17.7 Å². The standard InChI is InChI=1S/C9H10F2N2O3/c1-16-5-2-4(3-6(14)15)9(12)13-7(5)8(10)11/h2,8H,3H2,1H3,(H2,12,13)(H,14,15). The van der Waals surface area contributed by atoms with Gasteiger partial charge >= 0.3 is 5.97 Å². The van der Waals surface area contributed by atoms with Gasteiger partial charge in [0, 0.05) is 5.56 Å². The molecular weight excluding hydrogens is 222 g/mol. The van der Waals surface area contributed by atoms with Gasteiger partial charge in [0.15, 0.2) is 5.69 Å². The number of hydrogen-bond acceptors (Lipinski definition) is 4. The van der Waals surface area contributed by atoms with E-state index in [-0.39, 0.29) is 17.1 Å². The number of carbonyl (C=O) groups is 1. The van der Waals surface area contributed by atoms with Crippen molar-refractivity contribution < 1.29 is 23.4 Å². The molecular formula is C9H10F2N2O3. The highest BCUT2D eigenvalue weighted by molar-refractivity contribution is 5.72. The first kappa shape index (κ1) is 12.2. The van der Waals surface area contributed by atoms with Crippen molar-refractivity contribution in [3.8, 4) is 5.75 Å². The van der Waals surface area contributed by atoms with Crippen LogP contribution in [-0.2, 0) is 11.2 Å². The van der Waals surface area contributed by atoms with Gasteiger partial charge in [0.2, 0.25) is 0 Å². The third kappa shape index (κ3) is 2.56. The Bertz CT molecular complexity index is 410. The van der Waals surface area contributed by atoms with Crippen LogP contribution in [0.5, 0.6) is 5.75 Å². The first-order chi connectivity index (χ1) is 7.45. The Kier molecular flexibility index (Phi) is 3.60. The normalized spacial score (nSPS) is 10.5. The molecule has 3 N–H and O–H groups in total. The van der Waals surface area contributed by atoms with Crippen LogP contribution in [0, 0.1) is 0 Å². The largest absolute Gasteiger partial charge is 0.495 e. The molecule has 88 valence electrons. The Morgan fingerprint density at radius 1 is 1.69 bits per heavy atom. The number of aromatic nitrogens is 1. The number of nitrogens with two attached hydrogens (primary N) is 1. The van der Waals surface area contributed by atoms with Gasteiger partial charge in [-0.1, -0.05) is 0 Å². The number of hydrogen-bond donors (Lipinski definition) is 2. The molecule has 0 radical (unpaired) electrons. The predicted octanol–water partition coefficient (Wildman–Crippen LogP) is 1.24. The monoisotopic (exact) mass is 232 g/mol. The highest BCUT2D eigenvalue weighted by atomic mass is 19.3. The van der Waals surface area contributed by atoms with E-state index < -0.39 is 24.5 Å². The van der Waals surface area contributed by atoms with Crippen molar-refractivity contribution in [2.75, 3.05) is 12.8 Å². The van der Waals surface area contributed by atoms with E-state index in [1.807, 2.05) is 0 Å². The summed E-state index contributed by atoms with van der Waals surface area (Å²) in [5.74, 6) is -1.51. The zero-order valence-electron chi connectivity index (χ0n) is 8.41. The zero-order valence-corrected chi connectivity index (χ0v) is 8.41. The number of ether oxygens (including phenoxy) is 1. The lowest BCUT2D eigenvalue weighted by Crippen LogP contribution is -2.08. The molecule has 0 amide bonds. The average molecular weight is 232 g/mol. The molecule has 0 saturated heterocycles. The highest BCUT2D eigenvalue weighted by Gasteiger charge is 2.19. The van der Waals surface area contributed by atoms with Gasteiger partial charge in [-0.2, -0.15) is 0 Å². The molecule has 0 fully saturated rings. The first-order valence-corrected chi connectivity index (χ1v) is 4.29. The topological polar surface area (TPSA) is 85.4 Å². The molecule has 0 aliphatic rings. The summed E-state index contributed by atoms with van der Waals surface area (Å²) in [6, 6.07) is 1.16. The molecule has 16 heavy (non-hydrogen) atoms. The minimum absolute atomic E-state index is 0.147. The number of aliphatic carboxylic acids is 1.